The van der Waals surface area contributed by atoms with E-state index in [-0.39, 0.29) is 6.04 Å². The molecule has 0 spiro atoms. The molecule has 5 heteroatoms. The van der Waals surface area contributed by atoms with Gasteiger partial charge in [0.15, 0.2) is 0 Å². The second kappa shape index (κ2) is 7.18. The van der Waals surface area contributed by atoms with Gasteiger partial charge in [0.25, 0.3) is 0 Å². The van der Waals surface area contributed by atoms with E-state index in [1.807, 2.05) is 26.4 Å². The molecule has 21 heavy (non-hydrogen) atoms. The van der Waals surface area contributed by atoms with Crippen LogP contribution in [-0.4, -0.2) is 21.8 Å². The maximum absolute atomic E-state index is 4.58. The highest BCUT2D eigenvalue weighted by Gasteiger charge is 2.19. The molecule has 0 fully saturated rings. The summed E-state index contributed by atoms with van der Waals surface area (Å²) in [4.78, 5) is 4.24. The fourth-order valence-corrected chi connectivity index (χ4v) is 3.14. The largest absolute Gasteiger partial charge is 0.313 e. The summed E-state index contributed by atoms with van der Waals surface area (Å²) in [6.45, 7) is 7.22. The molecule has 1 N–H and O–H groups in total. The zero-order valence-corrected chi connectivity index (χ0v) is 14.7. The summed E-state index contributed by atoms with van der Waals surface area (Å²) in [6, 6.07) is 2.38. The summed E-state index contributed by atoms with van der Waals surface area (Å²) in [7, 11) is 2.01. The van der Waals surface area contributed by atoms with E-state index in [4.69, 9.17) is 0 Å². The Kier molecular flexibility index (Phi) is 5.53. The van der Waals surface area contributed by atoms with E-state index < -0.39 is 0 Å². The molecular weight excluding hydrogens is 328 g/mol. The van der Waals surface area contributed by atoms with Crippen LogP contribution in [0.2, 0.25) is 0 Å². The third kappa shape index (κ3) is 3.35. The van der Waals surface area contributed by atoms with Crippen LogP contribution in [0.4, 0.5) is 0 Å². The van der Waals surface area contributed by atoms with Gasteiger partial charge in [0.2, 0.25) is 0 Å². The first-order chi connectivity index (χ1) is 10.1. The Morgan fingerprint density at radius 3 is 2.76 bits per heavy atom. The van der Waals surface area contributed by atoms with E-state index >= 15 is 0 Å². The molecule has 114 valence electrons. The highest BCUT2D eigenvalue weighted by molar-refractivity contribution is 9.10. The minimum atomic E-state index is 0.264. The van der Waals surface area contributed by atoms with Crippen molar-refractivity contribution in [1.29, 1.82) is 0 Å². The fourth-order valence-electron chi connectivity index (χ4n) is 2.70. The molecule has 0 aliphatic rings. The summed E-state index contributed by atoms with van der Waals surface area (Å²) in [5, 5.41) is 8.02. The van der Waals surface area contributed by atoms with Crippen LogP contribution in [0.1, 0.15) is 42.4 Å². The number of pyridine rings is 1. The molecule has 0 aromatic carbocycles. The SMILES string of the molecule is CCc1cnccc1C(Cc1c(Br)c(C)nn1CC)NC. The van der Waals surface area contributed by atoms with Crippen molar-refractivity contribution >= 4 is 15.9 Å². The van der Waals surface area contributed by atoms with Crippen molar-refractivity contribution < 1.29 is 0 Å². The van der Waals surface area contributed by atoms with Gasteiger partial charge >= 0.3 is 0 Å². The zero-order valence-electron chi connectivity index (χ0n) is 13.2. The lowest BCUT2D eigenvalue weighted by atomic mass is 9.97. The maximum atomic E-state index is 4.58. The maximum Gasteiger partial charge on any atom is 0.0738 e. The molecule has 4 nitrogen and oxygen atoms in total. The molecule has 0 aliphatic heterocycles. The number of likely N-dealkylation sites (N-methyl/N-ethyl adjacent to an activating group) is 1. The van der Waals surface area contributed by atoms with Crippen LogP contribution < -0.4 is 5.32 Å². The fraction of sp³-hybridized carbons (Fsp3) is 0.500. The Labute approximate surface area is 135 Å². The normalized spacial score (nSPS) is 12.6. The molecule has 1 atom stereocenters. The summed E-state index contributed by atoms with van der Waals surface area (Å²) < 4.78 is 3.20. The van der Waals surface area contributed by atoms with Crippen LogP contribution in [0, 0.1) is 6.92 Å². The molecule has 0 saturated carbocycles. The van der Waals surface area contributed by atoms with Crippen molar-refractivity contribution in [3.8, 4) is 0 Å². The Bertz CT molecular complexity index is 606. The first kappa shape index (κ1) is 16.2. The van der Waals surface area contributed by atoms with Gasteiger partial charge in [-0.15, -0.1) is 0 Å². The number of nitrogens with one attached hydrogen (secondary N) is 1. The molecule has 0 amide bonds. The number of nitrogens with zero attached hydrogens (tertiary/aromatic N) is 3. The first-order valence-electron chi connectivity index (χ1n) is 7.44. The predicted molar refractivity (Wildman–Crippen MR) is 89.5 cm³/mol. The Morgan fingerprint density at radius 2 is 2.14 bits per heavy atom. The molecule has 2 aromatic rings. The third-order valence-electron chi connectivity index (χ3n) is 3.90. The molecule has 2 aromatic heterocycles. The van der Waals surface area contributed by atoms with Gasteiger partial charge in [-0.2, -0.15) is 5.10 Å². The smallest absolute Gasteiger partial charge is 0.0738 e. The van der Waals surface area contributed by atoms with Gasteiger partial charge < -0.3 is 5.32 Å². The van der Waals surface area contributed by atoms with E-state index in [0.717, 1.165) is 29.6 Å². The minimum Gasteiger partial charge on any atom is -0.313 e. The molecule has 2 rings (SSSR count). The molecule has 0 radical (unpaired) electrons. The minimum absolute atomic E-state index is 0.264. The lowest BCUT2D eigenvalue weighted by Crippen LogP contribution is -2.22. The molecule has 0 saturated heterocycles. The van der Waals surface area contributed by atoms with E-state index in [1.165, 1.54) is 16.8 Å². The topological polar surface area (TPSA) is 42.7 Å². The van der Waals surface area contributed by atoms with Crippen LogP contribution in [-0.2, 0) is 19.4 Å². The number of hydrogen-bond donors (Lipinski definition) is 1. The quantitative estimate of drug-likeness (QED) is 0.867. The Hall–Kier alpha value is -1.20. The average Bonchev–Trinajstić information content (AvgIpc) is 2.79. The van der Waals surface area contributed by atoms with Gasteiger partial charge in [-0.05, 0) is 60.4 Å². The number of aryl methyl sites for hydroxylation is 3. The summed E-state index contributed by atoms with van der Waals surface area (Å²) >= 11 is 3.68. The highest BCUT2D eigenvalue weighted by Crippen LogP contribution is 2.27. The van der Waals surface area contributed by atoms with E-state index in [1.54, 1.807) is 0 Å². The van der Waals surface area contributed by atoms with Gasteiger partial charge in [0.1, 0.15) is 0 Å². The van der Waals surface area contributed by atoms with Gasteiger partial charge in [0.05, 0.1) is 15.9 Å². The van der Waals surface area contributed by atoms with Crippen molar-refractivity contribution in [2.24, 2.45) is 0 Å². The van der Waals surface area contributed by atoms with E-state index in [2.05, 4.69) is 55.9 Å². The lowest BCUT2D eigenvalue weighted by molar-refractivity contribution is 0.536. The van der Waals surface area contributed by atoms with Crippen LogP contribution in [0.25, 0.3) is 0 Å². The van der Waals surface area contributed by atoms with Crippen LogP contribution in [0.3, 0.4) is 0 Å². The third-order valence-corrected chi connectivity index (χ3v) is 4.93. The predicted octanol–water partition coefficient (Wildman–Crippen LogP) is 3.43. The standard InChI is InChI=1S/C16H23BrN4/c1-5-12-10-19-8-7-13(12)14(18-4)9-15-16(17)11(3)20-21(15)6-2/h7-8,10,14,18H,5-6,9H2,1-4H3. The Balaban J connectivity index is 2.36. The second-order valence-electron chi connectivity index (χ2n) is 5.14. The number of rotatable bonds is 6. The van der Waals surface area contributed by atoms with E-state index in [0.29, 0.717) is 0 Å². The second-order valence-corrected chi connectivity index (χ2v) is 5.93. The van der Waals surface area contributed by atoms with Crippen molar-refractivity contribution in [3.05, 3.63) is 45.4 Å². The first-order valence-corrected chi connectivity index (χ1v) is 8.23. The number of halogens is 1. The van der Waals surface area contributed by atoms with Crippen molar-refractivity contribution in [2.75, 3.05) is 7.05 Å². The summed E-state index contributed by atoms with van der Waals surface area (Å²) in [5.74, 6) is 0. The average molecular weight is 351 g/mol. The van der Waals surface area contributed by atoms with Gasteiger partial charge in [-0.25, -0.2) is 0 Å². The summed E-state index contributed by atoms with van der Waals surface area (Å²) in [5.41, 5.74) is 4.91. The highest BCUT2D eigenvalue weighted by atomic mass is 79.9. The molecule has 0 bridgehead atoms. The van der Waals surface area contributed by atoms with Gasteiger partial charge in [0, 0.05) is 31.4 Å². The molecule has 2 heterocycles. The van der Waals surface area contributed by atoms with Crippen molar-refractivity contribution in [3.63, 3.8) is 0 Å². The summed E-state index contributed by atoms with van der Waals surface area (Å²) in [6.07, 6.45) is 5.74. The van der Waals surface area contributed by atoms with E-state index in [9.17, 15) is 0 Å². The van der Waals surface area contributed by atoms with Crippen LogP contribution >= 0.6 is 15.9 Å². The van der Waals surface area contributed by atoms with Crippen LogP contribution in [0.15, 0.2) is 22.9 Å². The number of aromatic nitrogens is 3. The molecule has 1 unspecified atom stereocenters. The van der Waals surface area contributed by atoms with Gasteiger partial charge in [-0.3, -0.25) is 9.67 Å². The molecule has 0 aliphatic carbocycles. The lowest BCUT2D eigenvalue weighted by Gasteiger charge is -2.20. The van der Waals surface area contributed by atoms with Crippen molar-refractivity contribution in [1.82, 2.24) is 20.1 Å². The van der Waals surface area contributed by atoms with Crippen LogP contribution in [0.5, 0.6) is 0 Å². The number of hydrogen-bond acceptors (Lipinski definition) is 3. The zero-order chi connectivity index (χ0) is 15.4. The van der Waals surface area contributed by atoms with Crippen molar-refractivity contribution in [2.45, 2.75) is 46.2 Å². The monoisotopic (exact) mass is 350 g/mol. The van der Waals surface area contributed by atoms with Gasteiger partial charge in [-0.1, -0.05) is 6.92 Å². The molecular formula is C16H23BrN4. The Morgan fingerprint density at radius 1 is 1.38 bits per heavy atom.